The minimum atomic E-state index is 0.281. The average molecular weight is 577 g/mol. The first-order valence-electron chi connectivity index (χ1n) is 15.2. The summed E-state index contributed by atoms with van der Waals surface area (Å²) in [6.45, 7) is 5.24. The van der Waals surface area contributed by atoms with E-state index in [1.165, 1.54) is 5.56 Å². The second-order valence-corrected chi connectivity index (χ2v) is 11.3. The summed E-state index contributed by atoms with van der Waals surface area (Å²) in [6, 6.07) is 26.6. The van der Waals surface area contributed by atoms with Gasteiger partial charge in [0.2, 0.25) is 0 Å². The van der Waals surface area contributed by atoms with Crippen molar-refractivity contribution >= 4 is 33.2 Å². The quantitative estimate of drug-likeness (QED) is 0.232. The van der Waals surface area contributed by atoms with Crippen molar-refractivity contribution in [3.05, 3.63) is 96.8 Å². The number of fused-ring (bicyclic) bond motifs is 2. The maximum absolute atomic E-state index is 6.21. The number of nitrogens with one attached hydrogen (secondary N) is 1. The van der Waals surface area contributed by atoms with Crippen LogP contribution in [0.2, 0.25) is 0 Å². The molecule has 43 heavy (non-hydrogen) atoms. The summed E-state index contributed by atoms with van der Waals surface area (Å²) in [7, 11) is 0. The molecule has 4 heterocycles. The second kappa shape index (κ2) is 13.7. The van der Waals surface area contributed by atoms with Crippen LogP contribution in [0.15, 0.2) is 91.3 Å². The summed E-state index contributed by atoms with van der Waals surface area (Å²) in [5.41, 5.74) is 13.1. The number of likely N-dealkylation sites (tertiary alicyclic amines) is 1. The monoisotopic (exact) mass is 576 g/mol. The molecular weight excluding hydrogens is 536 g/mol. The van der Waals surface area contributed by atoms with E-state index in [1.54, 1.807) is 12.4 Å². The van der Waals surface area contributed by atoms with Gasteiger partial charge >= 0.3 is 0 Å². The zero-order valence-electron chi connectivity index (χ0n) is 24.5. The standard InChI is InChI=1S/C21H23N3O.C14H17N3O/c22-21-20-7-6-19(14-17(20)8-11-23-21)25-18-9-12-24(13-10-18)15-16-4-2-1-3-5-16;15-14-13-2-1-12(9-10(13)3-8-17-14)18-11-4-6-16-7-5-11/h1-8,11,14,18H,9-10,12-13,15H2,(H2,22,23);1-3,8-9,11,16H,4-7H2,(H2,15,17). The van der Waals surface area contributed by atoms with Gasteiger partial charge in [0, 0.05) is 42.8 Å². The Bertz CT molecular complexity index is 1630. The molecule has 0 spiro atoms. The minimum Gasteiger partial charge on any atom is -0.490 e. The van der Waals surface area contributed by atoms with Gasteiger partial charge in [-0.05, 0) is 104 Å². The number of pyridine rings is 2. The Morgan fingerprint density at radius 3 is 1.77 bits per heavy atom. The van der Waals surface area contributed by atoms with Crippen LogP contribution in [-0.2, 0) is 6.54 Å². The number of benzene rings is 3. The molecule has 222 valence electrons. The van der Waals surface area contributed by atoms with E-state index in [9.17, 15) is 0 Å². The third-order valence-corrected chi connectivity index (χ3v) is 8.21. The SMILES string of the molecule is Nc1nccc2cc(OC3CCN(Cc4ccccc4)CC3)ccc12.Nc1nccc2cc(OC3CCNCC3)ccc12. The van der Waals surface area contributed by atoms with Gasteiger partial charge < -0.3 is 26.3 Å². The summed E-state index contributed by atoms with van der Waals surface area (Å²) < 4.78 is 12.2. The predicted octanol–water partition coefficient (Wildman–Crippen LogP) is 5.81. The van der Waals surface area contributed by atoms with E-state index in [-0.39, 0.29) is 6.10 Å². The van der Waals surface area contributed by atoms with Crippen molar-refractivity contribution in [3.63, 3.8) is 0 Å². The van der Waals surface area contributed by atoms with Crippen LogP contribution < -0.4 is 26.3 Å². The van der Waals surface area contributed by atoms with Crippen molar-refractivity contribution in [2.45, 2.75) is 44.4 Å². The topological polar surface area (TPSA) is 112 Å². The normalized spacial score (nSPS) is 16.5. The summed E-state index contributed by atoms with van der Waals surface area (Å²) in [6.07, 6.45) is 8.32. The zero-order chi connectivity index (χ0) is 29.4. The van der Waals surface area contributed by atoms with Crippen LogP contribution in [0.3, 0.4) is 0 Å². The second-order valence-electron chi connectivity index (χ2n) is 11.3. The lowest BCUT2D eigenvalue weighted by atomic mass is 10.1. The molecule has 0 amide bonds. The lowest BCUT2D eigenvalue weighted by Gasteiger charge is -2.32. The number of nitrogens with two attached hydrogens (primary N) is 2. The Labute approximate surface area is 253 Å². The lowest BCUT2D eigenvalue weighted by Crippen LogP contribution is -2.37. The Balaban J connectivity index is 0.000000162. The molecule has 5 N–H and O–H groups in total. The third-order valence-electron chi connectivity index (χ3n) is 8.21. The molecule has 8 nitrogen and oxygen atoms in total. The van der Waals surface area contributed by atoms with E-state index in [4.69, 9.17) is 20.9 Å². The van der Waals surface area contributed by atoms with Gasteiger partial charge in [0.05, 0.1) is 0 Å². The molecular formula is C35H40N6O2. The van der Waals surface area contributed by atoms with Crippen LogP contribution in [0.4, 0.5) is 11.6 Å². The molecule has 8 heteroatoms. The zero-order valence-corrected chi connectivity index (χ0v) is 24.5. The molecule has 0 aliphatic carbocycles. The first-order chi connectivity index (χ1) is 21.1. The molecule has 0 atom stereocenters. The first-order valence-corrected chi connectivity index (χ1v) is 15.2. The number of hydrogen-bond acceptors (Lipinski definition) is 8. The number of aromatic nitrogens is 2. The fourth-order valence-electron chi connectivity index (χ4n) is 5.83. The number of nitrogen functional groups attached to an aromatic ring is 2. The highest BCUT2D eigenvalue weighted by Gasteiger charge is 2.21. The summed E-state index contributed by atoms with van der Waals surface area (Å²) in [5, 5.41) is 7.45. The van der Waals surface area contributed by atoms with E-state index in [0.29, 0.717) is 17.7 Å². The van der Waals surface area contributed by atoms with Crippen molar-refractivity contribution in [3.8, 4) is 11.5 Å². The molecule has 2 aliphatic rings. The highest BCUT2D eigenvalue weighted by Crippen LogP contribution is 2.27. The van der Waals surface area contributed by atoms with Crippen LogP contribution >= 0.6 is 0 Å². The highest BCUT2D eigenvalue weighted by molar-refractivity contribution is 5.92. The van der Waals surface area contributed by atoms with Crippen LogP contribution in [0.5, 0.6) is 11.5 Å². The molecule has 2 fully saturated rings. The Morgan fingerprint density at radius 1 is 0.674 bits per heavy atom. The van der Waals surface area contributed by atoms with Gasteiger partial charge in [-0.1, -0.05) is 30.3 Å². The Hall–Kier alpha value is -4.40. The van der Waals surface area contributed by atoms with Crippen molar-refractivity contribution < 1.29 is 9.47 Å². The Kier molecular flexibility index (Phi) is 9.16. The van der Waals surface area contributed by atoms with Gasteiger partial charge in [0.25, 0.3) is 0 Å². The van der Waals surface area contributed by atoms with Gasteiger partial charge in [-0.15, -0.1) is 0 Å². The van der Waals surface area contributed by atoms with Crippen molar-refractivity contribution in [2.24, 2.45) is 0 Å². The van der Waals surface area contributed by atoms with E-state index >= 15 is 0 Å². The van der Waals surface area contributed by atoms with Crippen molar-refractivity contribution in [1.29, 1.82) is 0 Å². The number of hydrogen-bond donors (Lipinski definition) is 3. The van der Waals surface area contributed by atoms with Crippen LogP contribution in [0, 0.1) is 0 Å². The largest absolute Gasteiger partial charge is 0.490 e. The molecule has 0 radical (unpaired) electrons. The number of rotatable bonds is 6. The molecule has 7 rings (SSSR count). The summed E-state index contributed by atoms with van der Waals surface area (Å²) in [5.74, 6) is 2.97. The fourth-order valence-corrected chi connectivity index (χ4v) is 5.83. The van der Waals surface area contributed by atoms with E-state index in [2.05, 4.69) is 56.6 Å². The number of ether oxygens (including phenoxy) is 2. The molecule has 0 saturated carbocycles. The maximum Gasteiger partial charge on any atom is 0.131 e. The third kappa shape index (κ3) is 7.52. The van der Waals surface area contributed by atoms with Gasteiger partial charge in [0.15, 0.2) is 0 Å². The molecule has 2 saturated heterocycles. The smallest absolute Gasteiger partial charge is 0.131 e. The molecule has 5 aromatic rings. The van der Waals surface area contributed by atoms with Gasteiger partial charge in [-0.3, -0.25) is 4.90 Å². The summed E-state index contributed by atoms with van der Waals surface area (Å²) in [4.78, 5) is 10.7. The number of nitrogens with zero attached hydrogens (tertiary/aromatic N) is 3. The van der Waals surface area contributed by atoms with Crippen LogP contribution in [0.1, 0.15) is 31.2 Å². The van der Waals surface area contributed by atoms with Crippen LogP contribution in [-0.4, -0.2) is 53.3 Å². The molecule has 0 bridgehead atoms. The van der Waals surface area contributed by atoms with E-state index in [1.807, 2.05) is 42.5 Å². The first kappa shape index (κ1) is 28.7. The Morgan fingerprint density at radius 2 is 1.21 bits per heavy atom. The lowest BCUT2D eigenvalue weighted by molar-refractivity contribution is 0.0969. The maximum atomic E-state index is 6.21. The highest BCUT2D eigenvalue weighted by atomic mass is 16.5. The van der Waals surface area contributed by atoms with E-state index in [0.717, 1.165) is 91.5 Å². The van der Waals surface area contributed by atoms with Crippen molar-refractivity contribution in [2.75, 3.05) is 37.6 Å². The molecule has 3 aromatic carbocycles. The molecule has 2 aromatic heterocycles. The van der Waals surface area contributed by atoms with E-state index < -0.39 is 0 Å². The number of anilines is 2. The average Bonchev–Trinajstić information content (AvgIpc) is 3.04. The van der Waals surface area contributed by atoms with Gasteiger partial charge in [0.1, 0.15) is 35.3 Å². The van der Waals surface area contributed by atoms with Gasteiger partial charge in [-0.2, -0.15) is 0 Å². The molecule has 0 unspecified atom stereocenters. The van der Waals surface area contributed by atoms with Gasteiger partial charge in [-0.25, -0.2) is 9.97 Å². The molecule has 2 aliphatic heterocycles. The number of piperidine rings is 2. The minimum absolute atomic E-state index is 0.281. The predicted molar refractivity (Wildman–Crippen MR) is 174 cm³/mol. The van der Waals surface area contributed by atoms with Crippen LogP contribution in [0.25, 0.3) is 21.5 Å². The van der Waals surface area contributed by atoms with Crippen molar-refractivity contribution in [1.82, 2.24) is 20.2 Å². The fraction of sp³-hybridized carbons (Fsp3) is 0.314. The summed E-state index contributed by atoms with van der Waals surface area (Å²) >= 11 is 0.